The first-order valence-electron chi connectivity index (χ1n) is 10.1. The predicted octanol–water partition coefficient (Wildman–Crippen LogP) is 4.53. The molecular formula is C21H34IN3OS. The number of aliphatic imine (C=N–C) groups is 1. The van der Waals surface area contributed by atoms with Gasteiger partial charge in [-0.15, -0.1) is 24.0 Å². The maximum atomic E-state index is 6.14. The number of hydrogen-bond donors (Lipinski definition) is 2. The van der Waals surface area contributed by atoms with Crippen LogP contribution >= 0.6 is 35.7 Å². The smallest absolute Gasteiger partial charge is 0.191 e. The van der Waals surface area contributed by atoms with E-state index in [9.17, 15) is 0 Å². The minimum Gasteiger partial charge on any atom is -0.373 e. The molecule has 2 N–H and O–H groups in total. The van der Waals surface area contributed by atoms with Gasteiger partial charge in [-0.1, -0.05) is 29.8 Å². The van der Waals surface area contributed by atoms with Crippen molar-refractivity contribution in [3.8, 4) is 0 Å². The summed E-state index contributed by atoms with van der Waals surface area (Å²) in [5.74, 6) is 2.70. The Morgan fingerprint density at radius 2 is 2.00 bits per heavy atom. The molecule has 0 spiro atoms. The highest BCUT2D eigenvalue weighted by Crippen LogP contribution is 2.34. The summed E-state index contributed by atoms with van der Waals surface area (Å²) in [6.45, 7) is 7.83. The Balaban J connectivity index is 0.00000261. The van der Waals surface area contributed by atoms with Crippen molar-refractivity contribution in [1.82, 2.24) is 10.6 Å². The SMILES string of the molecule is CCNC(=NCC1CCCOC1c1ccc(C)cc1)NCC1CCCS1.I. The van der Waals surface area contributed by atoms with Gasteiger partial charge in [0.25, 0.3) is 0 Å². The summed E-state index contributed by atoms with van der Waals surface area (Å²) in [6.07, 6.45) is 5.15. The molecule has 0 amide bonds. The van der Waals surface area contributed by atoms with Crippen molar-refractivity contribution < 1.29 is 4.74 Å². The zero-order chi connectivity index (χ0) is 18.2. The Morgan fingerprint density at radius 1 is 1.19 bits per heavy atom. The lowest BCUT2D eigenvalue weighted by molar-refractivity contribution is -0.0250. The van der Waals surface area contributed by atoms with E-state index in [-0.39, 0.29) is 30.1 Å². The Morgan fingerprint density at radius 3 is 2.70 bits per heavy atom. The lowest BCUT2D eigenvalue weighted by Gasteiger charge is -2.31. The topological polar surface area (TPSA) is 45.7 Å². The number of aryl methyl sites for hydroxylation is 1. The molecular weight excluding hydrogens is 469 g/mol. The van der Waals surface area contributed by atoms with Gasteiger partial charge in [0.15, 0.2) is 5.96 Å². The van der Waals surface area contributed by atoms with E-state index in [1.807, 2.05) is 0 Å². The second-order valence-electron chi connectivity index (χ2n) is 7.34. The van der Waals surface area contributed by atoms with Gasteiger partial charge < -0.3 is 15.4 Å². The molecule has 3 unspecified atom stereocenters. The van der Waals surface area contributed by atoms with E-state index in [4.69, 9.17) is 9.73 Å². The van der Waals surface area contributed by atoms with E-state index in [2.05, 4.69) is 60.5 Å². The van der Waals surface area contributed by atoms with E-state index < -0.39 is 0 Å². The summed E-state index contributed by atoms with van der Waals surface area (Å²) >= 11 is 2.08. The first-order valence-corrected chi connectivity index (χ1v) is 11.1. The van der Waals surface area contributed by atoms with Crippen LogP contribution in [0.5, 0.6) is 0 Å². The summed E-state index contributed by atoms with van der Waals surface area (Å²) in [7, 11) is 0. The van der Waals surface area contributed by atoms with E-state index in [0.29, 0.717) is 5.92 Å². The third-order valence-corrected chi connectivity index (χ3v) is 6.60. The third-order valence-electron chi connectivity index (χ3n) is 5.20. The Labute approximate surface area is 185 Å². The molecule has 0 radical (unpaired) electrons. The van der Waals surface area contributed by atoms with Crippen LogP contribution in [0, 0.1) is 12.8 Å². The van der Waals surface area contributed by atoms with Crippen LogP contribution in [0.25, 0.3) is 0 Å². The summed E-state index contributed by atoms with van der Waals surface area (Å²) in [5.41, 5.74) is 2.58. The highest BCUT2D eigenvalue weighted by atomic mass is 127. The summed E-state index contributed by atoms with van der Waals surface area (Å²) < 4.78 is 6.14. The van der Waals surface area contributed by atoms with Gasteiger partial charge in [-0.25, -0.2) is 0 Å². The molecule has 1 aromatic carbocycles. The minimum atomic E-state index is 0. The monoisotopic (exact) mass is 503 g/mol. The average Bonchev–Trinajstić information content (AvgIpc) is 3.19. The fraction of sp³-hybridized carbons (Fsp3) is 0.667. The van der Waals surface area contributed by atoms with Gasteiger partial charge in [0.05, 0.1) is 6.10 Å². The average molecular weight is 503 g/mol. The molecule has 3 rings (SSSR count). The van der Waals surface area contributed by atoms with Gasteiger partial charge in [0, 0.05) is 37.4 Å². The molecule has 27 heavy (non-hydrogen) atoms. The highest BCUT2D eigenvalue weighted by molar-refractivity contribution is 14.0. The number of benzene rings is 1. The van der Waals surface area contributed by atoms with E-state index >= 15 is 0 Å². The van der Waals surface area contributed by atoms with E-state index in [1.54, 1.807) is 0 Å². The number of halogens is 1. The minimum absolute atomic E-state index is 0. The normalized spacial score (nSPS) is 25.7. The van der Waals surface area contributed by atoms with Crippen LogP contribution in [0.15, 0.2) is 29.3 Å². The molecule has 0 aliphatic carbocycles. The number of nitrogens with zero attached hydrogens (tertiary/aromatic N) is 1. The molecule has 2 aliphatic heterocycles. The molecule has 0 aromatic heterocycles. The van der Waals surface area contributed by atoms with Crippen LogP contribution in [-0.2, 0) is 4.74 Å². The van der Waals surface area contributed by atoms with Crippen LogP contribution in [0.3, 0.4) is 0 Å². The number of thioether (sulfide) groups is 1. The van der Waals surface area contributed by atoms with E-state index in [0.717, 1.165) is 43.9 Å². The molecule has 2 heterocycles. The highest BCUT2D eigenvalue weighted by Gasteiger charge is 2.27. The predicted molar refractivity (Wildman–Crippen MR) is 127 cm³/mol. The van der Waals surface area contributed by atoms with Gasteiger partial charge >= 0.3 is 0 Å². The Kier molecular flexibility index (Phi) is 10.3. The van der Waals surface area contributed by atoms with Crippen LogP contribution in [-0.4, -0.2) is 43.2 Å². The number of guanidine groups is 1. The molecule has 1 aromatic rings. The van der Waals surface area contributed by atoms with Crippen molar-refractivity contribution in [1.29, 1.82) is 0 Å². The number of ether oxygens (including phenoxy) is 1. The van der Waals surface area contributed by atoms with Crippen molar-refractivity contribution in [3.05, 3.63) is 35.4 Å². The van der Waals surface area contributed by atoms with Gasteiger partial charge in [-0.05, 0) is 50.8 Å². The van der Waals surface area contributed by atoms with Crippen molar-refractivity contribution >= 4 is 41.7 Å². The molecule has 2 saturated heterocycles. The van der Waals surface area contributed by atoms with Gasteiger partial charge in [0.2, 0.25) is 0 Å². The second-order valence-corrected chi connectivity index (χ2v) is 8.75. The molecule has 0 saturated carbocycles. The first kappa shape index (κ1) is 22.8. The maximum Gasteiger partial charge on any atom is 0.191 e. The van der Waals surface area contributed by atoms with Crippen molar-refractivity contribution in [2.75, 3.05) is 32.0 Å². The summed E-state index contributed by atoms with van der Waals surface area (Å²) in [5, 5.41) is 7.67. The standard InChI is InChI=1S/C21H33N3OS.HI/c1-3-22-21(24-15-19-7-5-13-26-19)23-14-18-6-4-12-25-20(18)17-10-8-16(2)9-11-17;/h8-11,18-20H,3-7,12-15H2,1-2H3,(H2,22,23,24);1H. The Hall–Kier alpha value is -0.470. The quantitative estimate of drug-likeness (QED) is 0.340. The molecule has 0 bridgehead atoms. The molecule has 3 atom stereocenters. The van der Waals surface area contributed by atoms with Crippen molar-refractivity contribution in [3.63, 3.8) is 0 Å². The first-order chi connectivity index (χ1) is 12.8. The fourth-order valence-electron chi connectivity index (χ4n) is 3.72. The van der Waals surface area contributed by atoms with Crippen molar-refractivity contribution in [2.24, 2.45) is 10.9 Å². The zero-order valence-electron chi connectivity index (χ0n) is 16.6. The zero-order valence-corrected chi connectivity index (χ0v) is 19.7. The number of rotatable bonds is 6. The maximum absolute atomic E-state index is 6.14. The third kappa shape index (κ3) is 7.13. The fourth-order valence-corrected chi connectivity index (χ4v) is 4.92. The second kappa shape index (κ2) is 12.2. The number of nitrogens with one attached hydrogen (secondary N) is 2. The van der Waals surface area contributed by atoms with Gasteiger partial charge in [-0.2, -0.15) is 11.8 Å². The summed E-state index contributed by atoms with van der Waals surface area (Å²) in [4.78, 5) is 4.90. The van der Waals surface area contributed by atoms with Gasteiger partial charge in [0.1, 0.15) is 0 Å². The molecule has 4 nitrogen and oxygen atoms in total. The molecule has 2 aliphatic rings. The summed E-state index contributed by atoms with van der Waals surface area (Å²) in [6, 6.07) is 8.78. The van der Waals surface area contributed by atoms with Gasteiger partial charge in [-0.3, -0.25) is 4.99 Å². The lowest BCUT2D eigenvalue weighted by Crippen LogP contribution is -2.40. The lowest BCUT2D eigenvalue weighted by atomic mass is 9.89. The number of hydrogen-bond acceptors (Lipinski definition) is 3. The van der Waals surface area contributed by atoms with Crippen LogP contribution in [0.1, 0.15) is 49.8 Å². The molecule has 152 valence electrons. The van der Waals surface area contributed by atoms with Crippen LogP contribution < -0.4 is 10.6 Å². The van der Waals surface area contributed by atoms with Crippen molar-refractivity contribution in [2.45, 2.75) is 50.9 Å². The Bertz CT molecular complexity index is 575. The largest absolute Gasteiger partial charge is 0.373 e. The molecule has 6 heteroatoms. The van der Waals surface area contributed by atoms with Crippen LogP contribution in [0.2, 0.25) is 0 Å². The van der Waals surface area contributed by atoms with Crippen LogP contribution in [0.4, 0.5) is 0 Å². The molecule has 2 fully saturated rings. The van der Waals surface area contributed by atoms with E-state index in [1.165, 1.54) is 36.1 Å².